The smallest absolute Gasteiger partial charge is 0.256 e. The van der Waals surface area contributed by atoms with Gasteiger partial charge in [-0.3, -0.25) is 0 Å². The van der Waals surface area contributed by atoms with Crippen molar-refractivity contribution in [3.8, 4) is 11.4 Å². The zero-order valence-electron chi connectivity index (χ0n) is 10.9. The summed E-state index contributed by atoms with van der Waals surface area (Å²) in [5.41, 5.74) is 0.713. The van der Waals surface area contributed by atoms with Gasteiger partial charge in [0.1, 0.15) is 6.10 Å². The highest BCUT2D eigenvalue weighted by atomic mass is 32.2. The van der Waals surface area contributed by atoms with Crippen LogP contribution in [0.25, 0.3) is 11.4 Å². The first-order chi connectivity index (χ1) is 9.54. The van der Waals surface area contributed by atoms with Crippen molar-refractivity contribution in [1.82, 2.24) is 10.1 Å². The first-order valence-electron chi connectivity index (χ1n) is 6.30. The second-order valence-corrected chi connectivity index (χ2v) is 6.77. The number of hydrogen-bond donors (Lipinski definition) is 0. The fourth-order valence-corrected chi connectivity index (χ4v) is 2.74. The molecular weight excluding hydrogens is 280 g/mol. The molecule has 20 heavy (non-hydrogen) atoms. The summed E-state index contributed by atoms with van der Waals surface area (Å²) in [5, 5.41) is 3.91. The van der Waals surface area contributed by atoms with Gasteiger partial charge < -0.3 is 9.26 Å². The van der Waals surface area contributed by atoms with Crippen molar-refractivity contribution >= 4 is 9.84 Å². The molecule has 1 saturated heterocycles. The number of aromatic nitrogens is 2. The van der Waals surface area contributed by atoms with E-state index >= 15 is 0 Å². The van der Waals surface area contributed by atoms with Gasteiger partial charge in [0.15, 0.2) is 9.84 Å². The molecule has 0 bridgehead atoms. The lowest BCUT2D eigenvalue weighted by atomic mass is 10.2. The molecule has 1 aromatic carbocycles. The summed E-state index contributed by atoms with van der Waals surface area (Å²) in [5.74, 6) is 0.917. The van der Waals surface area contributed by atoms with Gasteiger partial charge in [0.25, 0.3) is 5.89 Å². The van der Waals surface area contributed by atoms with Gasteiger partial charge in [0.2, 0.25) is 5.82 Å². The van der Waals surface area contributed by atoms with Gasteiger partial charge in [-0.25, -0.2) is 8.42 Å². The maximum absolute atomic E-state index is 11.4. The van der Waals surface area contributed by atoms with E-state index in [1.807, 2.05) is 0 Å². The van der Waals surface area contributed by atoms with Gasteiger partial charge in [0, 0.05) is 18.4 Å². The van der Waals surface area contributed by atoms with E-state index < -0.39 is 9.84 Å². The van der Waals surface area contributed by atoms with Crippen LogP contribution in [0.5, 0.6) is 0 Å². The highest BCUT2D eigenvalue weighted by Crippen LogP contribution is 2.28. The van der Waals surface area contributed by atoms with Gasteiger partial charge in [-0.05, 0) is 37.1 Å². The number of benzene rings is 1. The van der Waals surface area contributed by atoms with Crippen LogP contribution in [0.4, 0.5) is 0 Å². The van der Waals surface area contributed by atoms with Crippen LogP contribution in [-0.2, 0) is 14.6 Å². The molecule has 1 aromatic heterocycles. The highest BCUT2D eigenvalue weighted by molar-refractivity contribution is 7.90. The summed E-state index contributed by atoms with van der Waals surface area (Å²) in [6.45, 7) is 0.714. The molecule has 0 spiro atoms. The molecule has 2 aromatic rings. The second-order valence-electron chi connectivity index (χ2n) is 4.75. The van der Waals surface area contributed by atoms with Crippen LogP contribution in [0.2, 0.25) is 0 Å². The van der Waals surface area contributed by atoms with Crippen LogP contribution in [-0.4, -0.2) is 31.4 Å². The molecule has 0 saturated carbocycles. The molecule has 0 amide bonds. The number of nitrogens with zero attached hydrogens (tertiary/aromatic N) is 2. The van der Waals surface area contributed by atoms with Crippen LogP contribution in [0.3, 0.4) is 0 Å². The Morgan fingerprint density at radius 3 is 2.60 bits per heavy atom. The van der Waals surface area contributed by atoms with Gasteiger partial charge in [-0.2, -0.15) is 4.98 Å². The van der Waals surface area contributed by atoms with Crippen LogP contribution in [0.1, 0.15) is 24.8 Å². The van der Waals surface area contributed by atoms with E-state index in [-0.39, 0.29) is 11.0 Å². The molecule has 0 radical (unpaired) electrons. The molecule has 2 heterocycles. The summed E-state index contributed by atoms with van der Waals surface area (Å²) in [6.07, 6.45) is 2.93. The molecule has 1 aliphatic heterocycles. The highest BCUT2D eigenvalue weighted by Gasteiger charge is 2.24. The molecule has 1 atom stereocenters. The minimum Gasteiger partial charge on any atom is -0.368 e. The zero-order chi connectivity index (χ0) is 14.2. The van der Waals surface area contributed by atoms with Crippen molar-refractivity contribution in [1.29, 1.82) is 0 Å². The lowest BCUT2D eigenvalue weighted by Crippen LogP contribution is -1.97. The molecular formula is C13H14N2O4S. The maximum atomic E-state index is 11.4. The number of rotatable bonds is 3. The molecule has 1 fully saturated rings. The van der Waals surface area contributed by atoms with Crippen molar-refractivity contribution in [3.05, 3.63) is 30.2 Å². The number of hydrogen-bond acceptors (Lipinski definition) is 6. The van der Waals surface area contributed by atoms with Crippen molar-refractivity contribution in [3.63, 3.8) is 0 Å². The van der Waals surface area contributed by atoms with Gasteiger partial charge in [0.05, 0.1) is 4.90 Å². The Hall–Kier alpha value is -1.73. The average Bonchev–Trinajstić information content (AvgIpc) is 3.09. The molecule has 1 aliphatic rings. The van der Waals surface area contributed by atoms with Gasteiger partial charge in [-0.1, -0.05) is 5.16 Å². The second kappa shape index (κ2) is 4.99. The van der Waals surface area contributed by atoms with Crippen molar-refractivity contribution in [2.24, 2.45) is 0 Å². The summed E-state index contributed by atoms with van der Waals surface area (Å²) in [4.78, 5) is 4.57. The first kappa shape index (κ1) is 13.3. The minimum atomic E-state index is -3.19. The van der Waals surface area contributed by atoms with E-state index in [0.717, 1.165) is 12.8 Å². The standard InChI is InChI=1S/C13H14N2O4S/c1-20(16,17)10-6-4-9(5-7-10)12-14-13(19-15-12)11-3-2-8-18-11/h4-7,11H,2-3,8H2,1H3. The fraction of sp³-hybridized carbons (Fsp3) is 0.385. The number of sulfone groups is 1. The maximum Gasteiger partial charge on any atom is 0.256 e. The van der Waals surface area contributed by atoms with Crippen molar-refractivity contribution < 1.29 is 17.7 Å². The minimum absolute atomic E-state index is 0.119. The zero-order valence-corrected chi connectivity index (χ0v) is 11.8. The molecule has 106 valence electrons. The molecule has 3 rings (SSSR count). The topological polar surface area (TPSA) is 82.3 Å². The van der Waals surface area contributed by atoms with Crippen molar-refractivity contribution in [2.45, 2.75) is 23.8 Å². The molecule has 0 N–H and O–H groups in total. The van der Waals surface area contributed by atoms with E-state index in [4.69, 9.17) is 9.26 Å². The van der Waals surface area contributed by atoms with Crippen LogP contribution in [0.15, 0.2) is 33.7 Å². The fourth-order valence-electron chi connectivity index (χ4n) is 2.11. The first-order valence-corrected chi connectivity index (χ1v) is 8.19. The lowest BCUT2D eigenvalue weighted by molar-refractivity contribution is 0.0835. The van der Waals surface area contributed by atoms with E-state index in [1.54, 1.807) is 12.1 Å². The molecule has 0 aliphatic carbocycles. The Balaban J connectivity index is 1.86. The average molecular weight is 294 g/mol. The SMILES string of the molecule is CS(=O)(=O)c1ccc(-c2noc(C3CCCO3)n2)cc1. The van der Waals surface area contributed by atoms with Crippen LogP contribution >= 0.6 is 0 Å². The van der Waals surface area contributed by atoms with E-state index in [1.165, 1.54) is 18.4 Å². The Kier molecular flexibility index (Phi) is 3.31. The van der Waals surface area contributed by atoms with E-state index in [0.29, 0.717) is 23.9 Å². The van der Waals surface area contributed by atoms with Crippen molar-refractivity contribution in [2.75, 3.05) is 12.9 Å². The summed E-state index contributed by atoms with van der Waals surface area (Å²) in [7, 11) is -3.19. The van der Waals surface area contributed by atoms with Gasteiger partial charge >= 0.3 is 0 Å². The third-order valence-corrected chi connectivity index (χ3v) is 4.32. The van der Waals surface area contributed by atoms with E-state index in [2.05, 4.69) is 10.1 Å². The Labute approximate surface area is 116 Å². The van der Waals surface area contributed by atoms with E-state index in [9.17, 15) is 8.42 Å². The Morgan fingerprint density at radius 2 is 2.00 bits per heavy atom. The number of ether oxygens (including phenoxy) is 1. The summed E-state index contributed by atoms with van der Waals surface area (Å²) in [6, 6.07) is 6.40. The summed E-state index contributed by atoms with van der Waals surface area (Å²) >= 11 is 0. The Bertz CT molecular complexity index is 700. The summed E-state index contributed by atoms with van der Waals surface area (Å²) < 4.78 is 33.5. The quantitative estimate of drug-likeness (QED) is 0.861. The van der Waals surface area contributed by atoms with Crippen LogP contribution < -0.4 is 0 Å². The Morgan fingerprint density at radius 1 is 1.25 bits per heavy atom. The molecule has 7 heteroatoms. The largest absolute Gasteiger partial charge is 0.368 e. The van der Waals surface area contributed by atoms with Crippen LogP contribution in [0, 0.1) is 0 Å². The predicted molar refractivity (Wildman–Crippen MR) is 70.8 cm³/mol. The predicted octanol–water partition coefficient (Wildman–Crippen LogP) is 1.99. The lowest BCUT2D eigenvalue weighted by Gasteiger charge is -2.01. The normalized spacial score (nSPS) is 19.4. The molecule has 6 nitrogen and oxygen atoms in total. The van der Waals surface area contributed by atoms with Gasteiger partial charge in [-0.15, -0.1) is 0 Å². The molecule has 1 unspecified atom stereocenters. The third kappa shape index (κ3) is 2.59. The third-order valence-electron chi connectivity index (χ3n) is 3.19. The monoisotopic (exact) mass is 294 g/mol.